The molecule has 0 aliphatic carbocycles. The second-order valence-corrected chi connectivity index (χ2v) is 6.54. The van der Waals surface area contributed by atoms with Crippen molar-refractivity contribution in [3.8, 4) is 0 Å². The van der Waals surface area contributed by atoms with Gasteiger partial charge in [-0.3, -0.25) is 4.79 Å². The van der Waals surface area contributed by atoms with Crippen LogP contribution in [-0.2, 0) is 13.1 Å². The molecule has 0 aliphatic heterocycles. The Morgan fingerprint density at radius 2 is 1.92 bits per heavy atom. The van der Waals surface area contributed by atoms with Crippen molar-refractivity contribution in [3.63, 3.8) is 0 Å². The minimum absolute atomic E-state index is 0.126. The Balaban J connectivity index is 2.15. The van der Waals surface area contributed by atoms with E-state index < -0.39 is 6.03 Å². The lowest BCUT2D eigenvalue weighted by Crippen LogP contribution is -2.31. The predicted molar refractivity (Wildman–Crippen MR) is 102 cm³/mol. The highest BCUT2D eigenvalue weighted by atomic mass is 79.9. The third kappa shape index (κ3) is 5.42. The average Bonchev–Trinajstić information content (AvgIpc) is 2.62. The molecule has 5 nitrogen and oxygen atoms in total. The van der Waals surface area contributed by atoms with Gasteiger partial charge in [-0.15, -0.1) is 6.58 Å². The number of rotatable bonds is 7. The van der Waals surface area contributed by atoms with Gasteiger partial charge in [0.05, 0.1) is 0 Å². The van der Waals surface area contributed by atoms with Crippen molar-refractivity contribution in [1.29, 1.82) is 0 Å². The number of hydrogen-bond donors (Lipinski definition) is 2. The number of carbonyl (C=O) groups is 2. The summed E-state index contributed by atoms with van der Waals surface area (Å²) in [5, 5.41) is 2.48. The lowest BCUT2D eigenvalue weighted by Gasteiger charge is -2.22. The number of urea groups is 1. The molecule has 0 bridgehead atoms. The van der Waals surface area contributed by atoms with E-state index in [9.17, 15) is 14.0 Å². The first kappa shape index (κ1) is 19.7. The van der Waals surface area contributed by atoms with Crippen LogP contribution in [0.4, 0.5) is 9.18 Å². The van der Waals surface area contributed by atoms with Crippen LogP contribution in [0.25, 0.3) is 0 Å². The first-order chi connectivity index (χ1) is 12.4. The third-order valence-electron chi connectivity index (χ3n) is 3.67. The van der Waals surface area contributed by atoms with E-state index in [1.54, 1.807) is 42.5 Å². The molecular weight excluding hydrogens is 401 g/mol. The van der Waals surface area contributed by atoms with Gasteiger partial charge in [0.25, 0.3) is 5.91 Å². The summed E-state index contributed by atoms with van der Waals surface area (Å²) in [6.45, 7) is 4.36. The maximum Gasteiger partial charge on any atom is 0.312 e. The Kier molecular flexibility index (Phi) is 6.91. The molecule has 0 radical (unpaired) electrons. The number of primary amides is 1. The molecule has 7 heteroatoms. The Morgan fingerprint density at radius 3 is 2.54 bits per heavy atom. The number of benzene rings is 2. The molecule has 0 unspecified atom stereocenters. The van der Waals surface area contributed by atoms with Gasteiger partial charge < -0.3 is 16.0 Å². The largest absolute Gasteiger partial charge is 0.352 e. The molecule has 0 heterocycles. The first-order valence-corrected chi connectivity index (χ1v) is 8.66. The van der Waals surface area contributed by atoms with E-state index in [-0.39, 0.29) is 31.4 Å². The molecule has 0 aliphatic rings. The topological polar surface area (TPSA) is 75.4 Å². The molecule has 26 heavy (non-hydrogen) atoms. The number of nitrogens with one attached hydrogen (secondary N) is 1. The van der Waals surface area contributed by atoms with Crippen LogP contribution in [0.3, 0.4) is 0 Å². The van der Waals surface area contributed by atoms with Crippen LogP contribution in [0.5, 0.6) is 0 Å². The molecule has 0 saturated heterocycles. The van der Waals surface area contributed by atoms with Crippen molar-refractivity contribution in [2.75, 3.05) is 6.54 Å². The van der Waals surface area contributed by atoms with Gasteiger partial charge in [-0.25, -0.2) is 9.18 Å². The minimum Gasteiger partial charge on any atom is -0.352 e. The van der Waals surface area contributed by atoms with Crippen molar-refractivity contribution in [2.45, 2.75) is 13.1 Å². The Hall–Kier alpha value is -2.67. The highest BCUT2D eigenvalue weighted by Crippen LogP contribution is 2.18. The molecular formula is C19H19BrFN3O2. The highest BCUT2D eigenvalue weighted by molar-refractivity contribution is 9.10. The van der Waals surface area contributed by atoms with Crippen LogP contribution in [0.2, 0.25) is 0 Å². The van der Waals surface area contributed by atoms with Crippen LogP contribution in [0, 0.1) is 5.82 Å². The summed E-state index contributed by atoms with van der Waals surface area (Å²) >= 11 is 3.31. The predicted octanol–water partition coefficient (Wildman–Crippen LogP) is 3.58. The molecule has 2 aromatic carbocycles. The van der Waals surface area contributed by atoms with Crippen LogP contribution < -0.4 is 11.1 Å². The molecule has 2 rings (SSSR count). The zero-order chi connectivity index (χ0) is 19.1. The summed E-state index contributed by atoms with van der Waals surface area (Å²) in [6, 6.07) is 10.8. The van der Waals surface area contributed by atoms with Crippen molar-refractivity contribution < 1.29 is 14.0 Å². The second kappa shape index (κ2) is 9.15. The van der Waals surface area contributed by atoms with Crippen LogP contribution in [-0.4, -0.2) is 23.4 Å². The van der Waals surface area contributed by atoms with Crippen molar-refractivity contribution in [3.05, 3.63) is 82.1 Å². The van der Waals surface area contributed by atoms with E-state index in [4.69, 9.17) is 5.73 Å². The molecule has 136 valence electrons. The quantitative estimate of drug-likeness (QED) is 0.672. The van der Waals surface area contributed by atoms with E-state index in [1.807, 2.05) is 0 Å². The molecule has 0 saturated carbocycles. The van der Waals surface area contributed by atoms with Crippen LogP contribution in [0.15, 0.2) is 59.6 Å². The average molecular weight is 420 g/mol. The van der Waals surface area contributed by atoms with Gasteiger partial charge >= 0.3 is 6.03 Å². The number of hydrogen-bond acceptors (Lipinski definition) is 2. The van der Waals surface area contributed by atoms with Crippen molar-refractivity contribution in [2.24, 2.45) is 5.73 Å². The van der Waals surface area contributed by atoms with Gasteiger partial charge in [0.1, 0.15) is 5.82 Å². The maximum absolute atomic E-state index is 14.0. The van der Waals surface area contributed by atoms with E-state index in [2.05, 4.69) is 27.8 Å². The monoisotopic (exact) mass is 419 g/mol. The van der Waals surface area contributed by atoms with Gasteiger partial charge in [0.15, 0.2) is 0 Å². The lowest BCUT2D eigenvalue weighted by molar-refractivity contribution is 0.0761. The normalized spacial score (nSPS) is 10.2. The fourth-order valence-electron chi connectivity index (χ4n) is 2.38. The molecule has 2 aromatic rings. The number of halogens is 2. The number of nitrogens with two attached hydrogens (primary N) is 1. The molecule has 3 N–H and O–H groups in total. The summed E-state index contributed by atoms with van der Waals surface area (Å²) in [5.74, 6) is -0.610. The number of amides is 3. The SMILES string of the molecule is C=CCN(Cc1cc(Br)ccc1F)C(=O)c1ccc(CNC(N)=O)cc1. The smallest absolute Gasteiger partial charge is 0.312 e. The fraction of sp³-hybridized carbons (Fsp3) is 0.158. The van der Waals surface area contributed by atoms with E-state index in [0.29, 0.717) is 11.1 Å². The molecule has 0 spiro atoms. The Morgan fingerprint density at radius 1 is 1.23 bits per heavy atom. The second-order valence-electron chi connectivity index (χ2n) is 5.62. The third-order valence-corrected chi connectivity index (χ3v) is 4.17. The summed E-state index contributed by atoms with van der Waals surface area (Å²) < 4.78 is 14.8. The van der Waals surface area contributed by atoms with Gasteiger partial charge in [-0.05, 0) is 35.9 Å². The Bertz CT molecular complexity index is 809. The van der Waals surface area contributed by atoms with E-state index >= 15 is 0 Å². The fourth-order valence-corrected chi connectivity index (χ4v) is 2.79. The van der Waals surface area contributed by atoms with Crippen molar-refractivity contribution >= 4 is 27.9 Å². The summed E-state index contributed by atoms with van der Waals surface area (Å²) in [5.41, 5.74) is 6.72. The molecule has 3 amide bonds. The van der Waals surface area contributed by atoms with Crippen LogP contribution >= 0.6 is 15.9 Å². The highest BCUT2D eigenvalue weighted by Gasteiger charge is 2.17. The number of carbonyl (C=O) groups excluding carboxylic acids is 2. The number of nitrogens with zero attached hydrogens (tertiary/aromatic N) is 1. The summed E-state index contributed by atoms with van der Waals surface area (Å²) in [6.07, 6.45) is 1.60. The molecule has 0 aromatic heterocycles. The summed E-state index contributed by atoms with van der Waals surface area (Å²) in [4.78, 5) is 25.0. The standard InChI is InChI=1S/C19H19BrFN3O2/c1-2-9-24(12-15-10-16(20)7-8-17(15)21)18(25)14-5-3-13(4-6-14)11-23-19(22)26/h2-8,10H,1,9,11-12H2,(H3,22,23,26). The van der Waals surface area contributed by atoms with E-state index in [1.165, 1.54) is 11.0 Å². The van der Waals surface area contributed by atoms with Gasteiger partial charge in [0.2, 0.25) is 0 Å². The van der Waals surface area contributed by atoms with Gasteiger partial charge in [-0.1, -0.05) is 34.1 Å². The molecule has 0 atom stereocenters. The first-order valence-electron chi connectivity index (χ1n) is 7.87. The lowest BCUT2D eigenvalue weighted by atomic mass is 10.1. The zero-order valence-electron chi connectivity index (χ0n) is 14.0. The minimum atomic E-state index is -0.613. The summed E-state index contributed by atoms with van der Waals surface area (Å²) in [7, 11) is 0. The maximum atomic E-state index is 14.0. The van der Waals surface area contributed by atoms with E-state index in [0.717, 1.165) is 10.0 Å². The Labute approximate surface area is 159 Å². The zero-order valence-corrected chi connectivity index (χ0v) is 15.6. The van der Waals surface area contributed by atoms with Gasteiger partial charge in [-0.2, -0.15) is 0 Å². The van der Waals surface area contributed by atoms with Gasteiger partial charge in [0, 0.05) is 35.2 Å². The van der Waals surface area contributed by atoms with Crippen molar-refractivity contribution in [1.82, 2.24) is 10.2 Å². The van der Waals surface area contributed by atoms with Crippen LogP contribution in [0.1, 0.15) is 21.5 Å². The molecule has 0 fully saturated rings.